The van der Waals surface area contributed by atoms with Crippen molar-refractivity contribution in [2.75, 3.05) is 11.1 Å². The first-order valence-corrected chi connectivity index (χ1v) is 6.83. The highest BCUT2D eigenvalue weighted by molar-refractivity contribution is 9.10. The van der Waals surface area contributed by atoms with E-state index >= 15 is 0 Å². The number of benzene rings is 1. The second-order valence-electron chi connectivity index (χ2n) is 3.66. The minimum absolute atomic E-state index is 0.0767. The Balaban J connectivity index is 2.23. The van der Waals surface area contributed by atoms with Crippen molar-refractivity contribution in [3.8, 4) is 0 Å². The summed E-state index contributed by atoms with van der Waals surface area (Å²) in [5.74, 6) is -1.36. The number of nitrogen functional groups attached to an aromatic ring is 1. The quantitative estimate of drug-likeness (QED) is 0.748. The second-order valence-corrected chi connectivity index (χ2v) is 5.43. The lowest BCUT2D eigenvalue weighted by Gasteiger charge is -2.08. The summed E-state index contributed by atoms with van der Waals surface area (Å²) in [6.45, 7) is 0. The predicted octanol–water partition coefficient (Wildman–Crippen LogP) is 3.04. The fourth-order valence-corrected chi connectivity index (χ4v) is 2.89. The van der Waals surface area contributed by atoms with Gasteiger partial charge < -0.3 is 16.2 Å². The van der Waals surface area contributed by atoms with E-state index in [-0.39, 0.29) is 17.2 Å². The molecule has 0 unspecified atom stereocenters. The van der Waals surface area contributed by atoms with Gasteiger partial charge in [0.25, 0.3) is 5.91 Å². The van der Waals surface area contributed by atoms with Gasteiger partial charge >= 0.3 is 5.97 Å². The van der Waals surface area contributed by atoms with Crippen LogP contribution in [0.25, 0.3) is 0 Å². The first-order valence-electron chi connectivity index (χ1n) is 5.16. The fraction of sp³-hybridized carbons (Fsp3) is 0. The van der Waals surface area contributed by atoms with Crippen LogP contribution in [0.5, 0.6) is 0 Å². The molecule has 1 amide bonds. The maximum Gasteiger partial charge on any atom is 0.335 e. The van der Waals surface area contributed by atoms with Gasteiger partial charge in [0, 0.05) is 4.47 Å². The zero-order chi connectivity index (χ0) is 14.0. The molecule has 2 rings (SSSR count). The molecule has 0 aliphatic carbocycles. The van der Waals surface area contributed by atoms with E-state index in [0.717, 1.165) is 0 Å². The third kappa shape index (κ3) is 2.94. The largest absolute Gasteiger partial charge is 0.478 e. The molecule has 1 heterocycles. The molecule has 0 saturated heterocycles. The van der Waals surface area contributed by atoms with Crippen molar-refractivity contribution in [1.82, 2.24) is 0 Å². The molecule has 1 aromatic heterocycles. The number of hydrogen-bond donors (Lipinski definition) is 3. The Morgan fingerprint density at radius 1 is 1.32 bits per heavy atom. The molecule has 0 spiro atoms. The summed E-state index contributed by atoms with van der Waals surface area (Å²) in [7, 11) is 0. The van der Waals surface area contributed by atoms with Crippen LogP contribution in [0.15, 0.2) is 34.1 Å². The fourth-order valence-electron chi connectivity index (χ4n) is 1.44. The van der Waals surface area contributed by atoms with Gasteiger partial charge in [-0.05, 0) is 45.6 Å². The van der Waals surface area contributed by atoms with E-state index in [1.165, 1.54) is 29.5 Å². The Labute approximate surface area is 121 Å². The molecule has 1 aromatic carbocycles. The van der Waals surface area contributed by atoms with Crippen LogP contribution < -0.4 is 11.1 Å². The zero-order valence-corrected chi connectivity index (χ0v) is 11.9. The van der Waals surface area contributed by atoms with Crippen molar-refractivity contribution in [3.63, 3.8) is 0 Å². The summed E-state index contributed by atoms with van der Waals surface area (Å²) >= 11 is 4.57. The molecule has 0 fully saturated rings. The molecule has 0 radical (unpaired) electrons. The van der Waals surface area contributed by atoms with Crippen molar-refractivity contribution < 1.29 is 14.7 Å². The van der Waals surface area contributed by atoms with E-state index < -0.39 is 5.97 Å². The maximum absolute atomic E-state index is 12.0. The van der Waals surface area contributed by atoms with Crippen LogP contribution in [-0.4, -0.2) is 17.0 Å². The van der Waals surface area contributed by atoms with Crippen LogP contribution in [0.3, 0.4) is 0 Å². The molecule has 7 heteroatoms. The lowest BCUT2D eigenvalue weighted by atomic mass is 10.1. The van der Waals surface area contributed by atoms with Crippen LogP contribution >= 0.6 is 27.3 Å². The zero-order valence-electron chi connectivity index (χ0n) is 9.51. The molecule has 0 aliphatic heterocycles. The monoisotopic (exact) mass is 340 g/mol. The van der Waals surface area contributed by atoms with E-state index in [4.69, 9.17) is 10.8 Å². The molecule has 5 nitrogen and oxygen atoms in total. The minimum Gasteiger partial charge on any atom is -0.478 e. The Morgan fingerprint density at radius 3 is 2.58 bits per heavy atom. The number of amides is 1. The molecule has 0 aliphatic rings. The number of halogens is 1. The third-order valence-electron chi connectivity index (χ3n) is 2.37. The van der Waals surface area contributed by atoms with E-state index in [9.17, 15) is 9.59 Å². The lowest BCUT2D eigenvalue weighted by molar-refractivity contribution is 0.0697. The van der Waals surface area contributed by atoms with Gasteiger partial charge in [-0.25, -0.2) is 4.79 Å². The minimum atomic E-state index is -1.06. The van der Waals surface area contributed by atoms with Gasteiger partial charge in [-0.2, -0.15) is 0 Å². The normalized spacial score (nSPS) is 10.2. The number of carbonyl (C=O) groups excluding carboxylic acids is 1. The van der Waals surface area contributed by atoms with E-state index in [1.807, 2.05) is 0 Å². The van der Waals surface area contributed by atoms with E-state index in [2.05, 4.69) is 21.2 Å². The predicted molar refractivity (Wildman–Crippen MR) is 77.8 cm³/mol. The summed E-state index contributed by atoms with van der Waals surface area (Å²) in [5.41, 5.74) is 6.38. The number of rotatable bonds is 3. The van der Waals surface area contributed by atoms with E-state index in [1.54, 1.807) is 11.4 Å². The van der Waals surface area contributed by atoms with E-state index in [0.29, 0.717) is 15.0 Å². The standard InChI is InChI=1S/C12H9BrN2O3S/c13-7-3-4-19-10(7)11(16)15-9-2-1-6(12(17)18)5-8(9)14/h1-5H,14H2,(H,15,16)(H,17,18). The van der Waals surface area contributed by atoms with Crippen LogP contribution in [-0.2, 0) is 0 Å². The van der Waals surface area contributed by atoms with Crippen LogP contribution in [0, 0.1) is 0 Å². The van der Waals surface area contributed by atoms with Gasteiger partial charge in [0.05, 0.1) is 16.9 Å². The van der Waals surface area contributed by atoms with Crippen molar-refractivity contribution in [2.45, 2.75) is 0 Å². The molecule has 0 saturated carbocycles. The average Bonchev–Trinajstić information content (AvgIpc) is 2.77. The highest BCUT2D eigenvalue weighted by Gasteiger charge is 2.13. The Hall–Kier alpha value is -1.86. The topological polar surface area (TPSA) is 92.4 Å². The van der Waals surface area contributed by atoms with Crippen LogP contribution in [0.4, 0.5) is 11.4 Å². The second kappa shape index (κ2) is 5.41. The number of thiophene rings is 1. The molecule has 0 bridgehead atoms. The Morgan fingerprint density at radius 2 is 2.05 bits per heavy atom. The number of carboxylic acids is 1. The molecular weight excluding hydrogens is 332 g/mol. The molecule has 4 N–H and O–H groups in total. The number of hydrogen-bond acceptors (Lipinski definition) is 4. The van der Waals surface area contributed by atoms with Gasteiger partial charge in [-0.15, -0.1) is 11.3 Å². The number of aromatic carboxylic acids is 1. The van der Waals surface area contributed by atoms with Crippen LogP contribution in [0.1, 0.15) is 20.0 Å². The summed E-state index contributed by atoms with van der Waals surface area (Å²) in [6, 6.07) is 5.94. The van der Waals surface area contributed by atoms with Crippen LogP contribution in [0.2, 0.25) is 0 Å². The lowest BCUT2D eigenvalue weighted by Crippen LogP contribution is -2.12. The number of carboxylic acid groups (broad SMARTS) is 1. The summed E-state index contributed by atoms with van der Waals surface area (Å²) < 4.78 is 0.704. The summed E-state index contributed by atoms with van der Waals surface area (Å²) in [6.07, 6.45) is 0. The molecule has 19 heavy (non-hydrogen) atoms. The number of carbonyl (C=O) groups is 2. The summed E-state index contributed by atoms with van der Waals surface area (Å²) in [5, 5.41) is 13.3. The first kappa shape index (κ1) is 13.6. The number of nitrogens with two attached hydrogens (primary N) is 1. The highest BCUT2D eigenvalue weighted by Crippen LogP contribution is 2.26. The maximum atomic E-state index is 12.0. The van der Waals surface area contributed by atoms with Gasteiger partial charge in [-0.1, -0.05) is 0 Å². The average molecular weight is 341 g/mol. The smallest absolute Gasteiger partial charge is 0.335 e. The number of anilines is 2. The molecule has 98 valence electrons. The Bertz CT molecular complexity index is 654. The van der Waals surface area contributed by atoms with Crippen molar-refractivity contribution in [1.29, 1.82) is 0 Å². The van der Waals surface area contributed by atoms with Gasteiger partial charge in [0.1, 0.15) is 4.88 Å². The van der Waals surface area contributed by atoms with Crippen molar-refractivity contribution in [2.24, 2.45) is 0 Å². The highest BCUT2D eigenvalue weighted by atomic mass is 79.9. The van der Waals surface area contributed by atoms with Gasteiger partial charge in [0.2, 0.25) is 0 Å². The number of nitrogens with one attached hydrogen (secondary N) is 1. The van der Waals surface area contributed by atoms with Crippen molar-refractivity contribution in [3.05, 3.63) is 44.6 Å². The first-order chi connectivity index (χ1) is 8.99. The summed E-state index contributed by atoms with van der Waals surface area (Å²) in [4.78, 5) is 23.3. The Kier molecular flexibility index (Phi) is 3.87. The molecule has 0 atom stereocenters. The molecule has 2 aromatic rings. The third-order valence-corrected chi connectivity index (χ3v) is 4.21. The van der Waals surface area contributed by atoms with Gasteiger partial charge in [0.15, 0.2) is 0 Å². The van der Waals surface area contributed by atoms with Crippen molar-refractivity contribution >= 4 is 50.5 Å². The van der Waals surface area contributed by atoms with Gasteiger partial charge in [-0.3, -0.25) is 4.79 Å². The molecular formula is C12H9BrN2O3S. The SMILES string of the molecule is Nc1cc(C(=O)O)ccc1NC(=O)c1sccc1Br.